The molecule has 0 spiro atoms. The maximum absolute atomic E-state index is 10.3. The van der Waals surface area contributed by atoms with Gasteiger partial charge in [-0.3, -0.25) is 9.77 Å². The Morgan fingerprint density at radius 3 is 2.61 bits per heavy atom. The van der Waals surface area contributed by atoms with Gasteiger partial charge in [-0.2, -0.15) is 4.98 Å². The molecule has 0 bridgehead atoms. The number of aromatic nitrogens is 4. The van der Waals surface area contributed by atoms with Gasteiger partial charge in [-0.25, -0.2) is 15.4 Å². The van der Waals surface area contributed by atoms with Gasteiger partial charge in [0.25, 0.3) is 0 Å². The van der Waals surface area contributed by atoms with Gasteiger partial charge in [0.2, 0.25) is 5.95 Å². The Bertz CT molecular complexity index is 956. The molecular weight excluding hydrogens is 386 g/mol. The molecule has 5 N–H and O–H groups in total. The Kier molecular flexibility index (Phi) is 5.44. The van der Waals surface area contributed by atoms with Crippen LogP contribution in [0, 0.1) is 0 Å². The summed E-state index contributed by atoms with van der Waals surface area (Å²) >= 11 is 1.42. The van der Waals surface area contributed by atoms with Crippen LogP contribution in [0.1, 0.15) is 11.8 Å². The molecule has 11 heteroatoms. The van der Waals surface area contributed by atoms with Crippen LogP contribution in [0.25, 0.3) is 11.2 Å². The fourth-order valence-electron chi connectivity index (χ4n) is 3.06. The van der Waals surface area contributed by atoms with Crippen LogP contribution >= 0.6 is 11.8 Å². The molecule has 0 radical (unpaired) electrons. The zero-order valence-corrected chi connectivity index (χ0v) is 15.4. The van der Waals surface area contributed by atoms with E-state index in [0.717, 1.165) is 5.56 Å². The lowest BCUT2D eigenvalue weighted by molar-refractivity contribution is -0.0511. The molecule has 1 aromatic carbocycles. The number of ether oxygens (including phenoxy) is 1. The monoisotopic (exact) mass is 405 g/mol. The Balaban J connectivity index is 1.69. The summed E-state index contributed by atoms with van der Waals surface area (Å²) in [5.74, 6) is 0.606. The van der Waals surface area contributed by atoms with Crippen molar-refractivity contribution in [1.82, 2.24) is 19.5 Å². The fourth-order valence-corrected chi connectivity index (χ4v) is 3.99. The van der Waals surface area contributed by atoms with E-state index in [1.165, 1.54) is 22.7 Å². The zero-order valence-electron chi connectivity index (χ0n) is 14.6. The van der Waals surface area contributed by atoms with Crippen molar-refractivity contribution in [3.63, 3.8) is 0 Å². The van der Waals surface area contributed by atoms with Crippen LogP contribution in [0.3, 0.4) is 0 Å². The number of hydrogen-bond donors (Lipinski definition) is 5. The first-order chi connectivity index (χ1) is 13.6. The van der Waals surface area contributed by atoms with Crippen LogP contribution in [-0.2, 0) is 10.5 Å². The summed E-state index contributed by atoms with van der Waals surface area (Å²) in [5.41, 5.74) is 3.82. The Morgan fingerprint density at radius 2 is 1.93 bits per heavy atom. The number of rotatable bonds is 6. The SMILES string of the molecule is OC[C@@H]1O[C@@H](n2cnc3c(SCc4ccccc4)nc(NO)nc32)[C@H](O)[C@@H]1O. The largest absolute Gasteiger partial charge is 0.394 e. The predicted octanol–water partition coefficient (Wildman–Crippen LogP) is 0.531. The molecular formula is C17H19N5O5S. The number of thioether (sulfide) groups is 1. The molecule has 1 aliphatic heterocycles. The van der Waals surface area contributed by atoms with Crippen molar-refractivity contribution in [2.24, 2.45) is 0 Å². The quantitative estimate of drug-likeness (QED) is 0.224. The molecule has 4 rings (SSSR count). The van der Waals surface area contributed by atoms with E-state index < -0.39 is 31.1 Å². The Morgan fingerprint density at radius 1 is 1.14 bits per heavy atom. The lowest BCUT2D eigenvalue weighted by Crippen LogP contribution is -2.33. The first-order valence-corrected chi connectivity index (χ1v) is 9.54. The highest BCUT2D eigenvalue weighted by atomic mass is 32.2. The average molecular weight is 405 g/mol. The maximum Gasteiger partial charge on any atom is 0.250 e. The third kappa shape index (κ3) is 3.43. The van der Waals surface area contributed by atoms with E-state index in [9.17, 15) is 20.5 Å². The topological polar surface area (TPSA) is 146 Å². The van der Waals surface area contributed by atoms with Crippen molar-refractivity contribution in [2.45, 2.75) is 35.3 Å². The minimum atomic E-state index is -1.27. The molecule has 3 aromatic rings. The van der Waals surface area contributed by atoms with E-state index in [-0.39, 0.29) is 5.95 Å². The second-order valence-electron chi connectivity index (χ2n) is 6.29. The first kappa shape index (κ1) is 19.1. The van der Waals surface area contributed by atoms with Crippen LogP contribution in [0.2, 0.25) is 0 Å². The summed E-state index contributed by atoms with van der Waals surface area (Å²) in [5, 5.41) is 39.4. The number of benzene rings is 1. The summed E-state index contributed by atoms with van der Waals surface area (Å²) < 4.78 is 7.01. The van der Waals surface area contributed by atoms with E-state index in [4.69, 9.17) is 4.74 Å². The van der Waals surface area contributed by atoms with Gasteiger partial charge in [0, 0.05) is 5.75 Å². The van der Waals surface area contributed by atoms with Gasteiger partial charge in [0.15, 0.2) is 11.9 Å². The van der Waals surface area contributed by atoms with Crippen molar-refractivity contribution < 1.29 is 25.3 Å². The number of nitrogens with one attached hydrogen (secondary N) is 1. The summed E-state index contributed by atoms with van der Waals surface area (Å²) in [6.45, 7) is -0.433. The lowest BCUT2D eigenvalue weighted by Gasteiger charge is -2.16. The van der Waals surface area contributed by atoms with Gasteiger partial charge < -0.3 is 20.1 Å². The molecule has 0 saturated carbocycles. The molecule has 0 unspecified atom stereocenters. The maximum atomic E-state index is 10.3. The molecule has 0 aliphatic carbocycles. The molecule has 148 valence electrons. The second-order valence-corrected chi connectivity index (χ2v) is 7.26. The highest BCUT2D eigenvalue weighted by Gasteiger charge is 2.44. The summed E-state index contributed by atoms with van der Waals surface area (Å²) in [4.78, 5) is 12.8. The Hall–Kier alpha value is -2.28. The molecule has 2 aromatic heterocycles. The van der Waals surface area contributed by atoms with E-state index in [1.54, 1.807) is 0 Å². The van der Waals surface area contributed by atoms with Gasteiger partial charge in [-0.1, -0.05) is 42.1 Å². The van der Waals surface area contributed by atoms with Crippen LogP contribution in [0.4, 0.5) is 5.95 Å². The summed E-state index contributed by atoms with van der Waals surface area (Å²) in [6, 6.07) is 9.82. The third-order valence-corrected chi connectivity index (χ3v) is 5.53. The van der Waals surface area contributed by atoms with Gasteiger partial charge in [0.05, 0.1) is 12.9 Å². The van der Waals surface area contributed by atoms with Crippen LogP contribution in [-0.4, -0.2) is 65.0 Å². The molecule has 0 amide bonds. The zero-order chi connectivity index (χ0) is 19.7. The molecule has 1 aliphatic rings. The smallest absolute Gasteiger partial charge is 0.250 e. The van der Waals surface area contributed by atoms with Crippen LogP contribution in [0.5, 0.6) is 0 Å². The Labute approximate surface area is 163 Å². The lowest BCUT2D eigenvalue weighted by atomic mass is 10.1. The number of hydrogen-bond acceptors (Lipinski definition) is 10. The van der Waals surface area contributed by atoms with Gasteiger partial charge in [-0.15, -0.1) is 0 Å². The number of aliphatic hydroxyl groups excluding tert-OH is 3. The molecule has 3 heterocycles. The van der Waals surface area contributed by atoms with Gasteiger partial charge in [0.1, 0.15) is 28.9 Å². The molecule has 1 saturated heterocycles. The number of nitrogens with zero attached hydrogens (tertiary/aromatic N) is 4. The van der Waals surface area contributed by atoms with Crippen molar-refractivity contribution in [2.75, 3.05) is 12.1 Å². The van der Waals surface area contributed by atoms with E-state index >= 15 is 0 Å². The predicted molar refractivity (Wildman–Crippen MR) is 99.7 cm³/mol. The number of imidazole rings is 1. The minimum Gasteiger partial charge on any atom is -0.394 e. The minimum absolute atomic E-state index is 0.0310. The molecule has 10 nitrogen and oxygen atoms in total. The van der Waals surface area contributed by atoms with Crippen LogP contribution < -0.4 is 5.48 Å². The fraction of sp³-hybridized carbons (Fsp3) is 0.353. The highest BCUT2D eigenvalue weighted by Crippen LogP contribution is 2.34. The van der Waals surface area contributed by atoms with Crippen molar-refractivity contribution in [3.05, 3.63) is 42.2 Å². The van der Waals surface area contributed by atoms with Crippen molar-refractivity contribution >= 4 is 28.9 Å². The van der Waals surface area contributed by atoms with E-state index in [1.807, 2.05) is 35.8 Å². The second kappa shape index (κ2) is 7.99. The van der Waals surface area contributed by atoms with Gasteiger partial charge >= 0.3 is 0 Å². The number of fused-ring (bicyclic) bond motifs is 1. The summed E-state index contributed by atoms with van der Waals surface area (Å²) in [6.07, 6.45) is -2.98. The normalized spacial score (nSPS) is 24.7. The van der Waals surface area contributed by atoms with Crippen molar-refractivity contribution in [3.8, 4) is 0 Å². The highest BCUT2D eigenvalue weighted by molar-refractivity contribution is 7.98. The number of anilines is 1. The van der Waals surface area contributed by atoms with E-state index in [2.05, 4.69) is 15.0 Å². The average Bonchev–Trinajstić information content (AvgIpc) is 3.28. The third-order valence-electron chi connectivity index (χ3n) is 4.50. The van der Waals surface area contributed by atoms with Crippen LogP contribution in [0.15, 0.2) is 41.7 Å². The molecule has 1 fully saturated rings. The molecule has 28 heavy (non-hydrogen) atoms. The summed E-state index contributed by atoms with van der Waals surface area (Å²) in [7, 11) is 0. The van der Waals surface area contributed by atoms with Crippen molar-refractivity contribution in [1.29, 1.82) is 0 Å². The molecule has 4 atom stereocenters. The van der Waals surface area contributed by atoms with E-state index in [0.29, 0.717) is 21.9 Å². The van der Waals surface area contributed by atoms with Gasteiger partial charge in [-0.05, 0) is 5.56 Å². The number of aliphatic hydroxyl groups is 3. The first-order valence-electron chi connectivity index (χ1n) is 8.56. The standard InChI is InChI=1S/C17H19N5O5S/c23-6-10-12(24)13(25)16(27-10)22-8-18-11-14(22)19-17(21-26)20-15(11)28-7-9-4-2-1-3-5-9/h1-5,8,10,12-13,16,23-26H,6-7H2,(H,19,20,21)/t10-,12+,13+,16+/m0/s1.